The van der Waals surface area contributed by atoms with Crippen LogP contribution in [0.4, 0.5) is 11.6 Å². The standard InChI is InChI=1S/C24H19ClN6O/c25-19-12-7-13-20(14-19)26-23(32)16-30-21(17-8-3-1-4-9-17)15-22(18-10-5-2-6-11-18)31-24(30)27-28-29-31/h1-15,22H,16H2,(H,26,32). The molecule has 0 saturated heterocycles. The molecule has 1 amide bonds. The molecule has 0 aliphatic carbocycles. The van der Waals surface area contributed by atoms with Gasteiger partial charge in [-0.15, -0.1) is 0 Å². The first-order valence-electron chi connectivity index (χ1n) is 10.1. The van der Waals surface area contributed by atoms with Gasteiger partial charge in [0.2, 0.25) is 5.91 Å². The van der Waals surface area contributed by atoms with Gasteiger partial charge >= 0.3 is 0 Å². The van der Waals surface area contributed by atoms with Crippen LogP contribution >= 0.6 is 11.6 Å². The minimum atomic E-state index is -0.207. The lowest BCUT2D eigenvalue weighted by Crippen LogP contribution is -2.37. The number of carbonyl (C=O) groups excluding carboxylic acids is 1. The summed E-state index contributed by atoms with van der Waals surface area (Å²) in [5.74, 6) is 0.295. The molecule has 2 heterocycles. The molecule has 32 heavy (non-hydrogen) atoms. The number of hydrogen-bond acceptors (Lipinski definition) is 5. The quantitative estimate of drug-likeness (QED) is 0.495. The molecular formula is C24H19ClN6O. The van der Waals surface area contributed by atoms with Crippen molar-refractivity contribution in [2.45, 2.75) is 6.04 Å². The fourth-order valence-corrected chi connectivity index (χ4v) is 3.97. The molecule has 1 N–H and O–H groups in total. The first-order chi connectivity index (χ1) is 15.7. The molecule has 5 rings (SSSR count). The second-order valence-corrected chi connectivity index (χ2v) is 7.78. The lowest BCUT2D eigenvalue weighted by atomic mass is 10.0. The Kier molecular flexibility index (Phi) is 5.39. The van der Waals surface area contributed by atoms with Gasteiger partial charge in [-0.05, 0) is 45.8 Å². The molecular weight excluding hydrogens is 424 g/mol. The Hall–Kier alpha value is -3.97. The average molecular weight is 443 g/mol. The number of fused-ring (bicyclic) bond motifs is 1. The van der Waals surface area contributed by atoms with Crippen LogP contribution in [-0.2, 0) is 4.79 Å². The van der Waals surface area contributed by atoms with Crippen LogP contribution in [0.15, 0.2) is 91.0 Å². The van der Waals surface area contributed by atoms with E-state index in [0.29, 0.717) is 16.7 Å². The Morgan fingerprint density at radius 1 is 0.969 bits per heavy atom. The van der Waals surface area contributed by atoms with Gasteiger partial charge in [-0.2, -0.15) is 4.68 Å². The van der Waals surface area contributed by atoms with E-state index in [1.54, 1.807) is 28.9 Å². The summed E-state index contributed by atoms with van der Waals surface area (Å²) in [6.45, 7) is 0.0368. The highest BCUT2D eigenvalue weighted by Crippen LogP contribution is 2.36. The molecule has 158 valence electrons. The maximum absolute atomic E-state index is 13.0. The molecule has 0 spiro atoms. The molecule has 1 aliphatic heterocycles. The number of rotatable bonds is 5. The van der Waals surface area contributed by atoms with Gasteiger partial charge in [-0.3, -0.25) is 9.69 Å². The summed E-state index contributed by atoms with van der Waals surface area (Å²) in [6, 6.07) is 26.8. The summed E-state index contributed by atoms with van der Waals surface area (Å²) in [4.78, 5) is 14.8. The predicted octanol–water partition coefficient (Wildman–Crippen LogP) is 4.42. The van der Waals surface area contributed by atoms with E-state index >= 15 is 0 Å². The molecule has 1 aromatic heterocycles. The molecule has 3 aromatic carbocycles. The Balaban J connectivity index is 1.52. The van der Waals surface area contributed by atoms with Gasteiger partial charge in [0, 0.05) is 10.7 Å². The number of tetrazole rings is 1. The molecule has 8 heteroatoms. The van der Waals surface area contributed by atoms with Gasteiger partial charge in [0.1, 0.15) is 12.6 Å². The number of nitrogens with zero attached hydrogens (tertiary/aromatic N) is 5. The number of benzene rings is 3. The normalized spacial score (nSPS) is 15.1. The van der Waals surface area contributed by atoms with Crippen LogP contribution in [0.5, 0.6) is 0 Å². The Morgan fingerprint density at radius 3 is 2.47 bits per heavy atom. The van der Waals surface area contributed by atoms with Crippen LogP contribution in [0.1, 0.15) is 17.2 Å². The fraction of sp³-hybridized carbons (Fsp3) is 0.0833. The van der Waals surface area contributed by atoms with Gasteiger partial charge in [-0.1, -0.05) is 83.4 Å². The maximum Gasteiger partial charge on any atom is 0.251 e. The van der Waals surface area contributed by atoms with Crippen molar-refractivity contribution in [2.75, 3.05) is 16.8 Å². The summed E-state index contributed by atoms with van der Waals surface area (Å²) in [5, 5.41) is 15.8. The summed E-state index contributed by atoms with van der Waals surface area (Å²) in [6.07, 6.45) is 2.08. The van der Waals surface area contributed by atoms with Crippen molar-refractivity contribution in [2.24, 2.45) is 0 Å². The van der Waals surface area contributed by atoms with Gasteiger partial charge in [0.25, 0.3) is 5.95 Å². The van der Waals surface area contributed by atoms with E-state index in [1.165, 1.54) is 0 Å². The number of amides is 1. The molecule has 0 fully saturated rings. The van der Waals surface area contributed by atoms with E-state index < -0.39 is 0 Å². The molecule has 0 saturated carbocycles. The van der Waals surface area contributed by atoms with Crippen molar-refractivity contribution < 1.29 is 4.79 Å². The van der Waals surface area contributed by atoms with Crippen molar-refractivity contribution in [3.05, 3.63) is 107 Å². The molecule has 0 radical (unpaired) electrons. The van der Waals surface area contributed by atoms with E-state index in [9.17, 15) is 4.79 Å². The monoisotopic (exact) mass is 442 g/mol. The first-order valence-corrected chi connectivity index (χ1v) is 10.5. The van der Waals surface area contributed by atoms with Crippen molar-refractivity contribution >= 4 is 34.8 Å². The van der Waals surface area contributed by atoms with E-state index in [0.717, 1.165) is 16.8 Å². The third-order valence-corrected chi connectivity index (χ3v) is 5.44. The Bertz CT molecular complexity index is 1270. The highest BCUT2D eigenvalue weighted by Gasteiger charge is 2.31. The zero-order valence-electron chi connectivity index (χ0n) is 17.0. The van der Waals surface area contributed by atoms with Gasteiger partial charge in [0.05, 0.1) is 5.70 Å². The van der Waals surface area contributed by atoms with Crippen molar-refractivity contribution in [3.8, 4) is 0 Å². The van der Waals surface area contributed by atoms with Crippen molar-refractivity contribution in [1.82, 2.24) is 20.2 Å². The van der Waals surface area contributed by atoms with E-state index in [1.807, 2.05) is 65.6 Å². The van der Waals surface area contributed by atoms with Crippen LogP contribution in [0.3, 0.4) is 0 Å². The average Bonchev–Trinajstić information content (AvgIpc) is 3.30. The number of anilines is 2. The second-order valence-electron chi connectivity index (χ2n) is 7.34. The van der Waals surface area contributed by atoms with Crippen LogP contribution in [0.25, 0.3) is 5.70 Å². The molecule has 7 nitrogen and oxygen atoms in total. The second kappa shape index (κ2) is 8.64. The number of carbonyl (C=O) groups is 1. The van der Waals surface area contributed by atoms with Gasteiger partial charge in [0.15, 0.2) is 0 Å². The summed E-state index contributed by atoms with van der Waals surface area (Å²) in [5.41, 5.74) is 3.52. The summed E-state index contributed by atoms with van der Waals surface area (Å²) < 4.78 is 1.73. The van der Waals surface area contributed by atoms with Crippen LogP contribution in [-0.4, -0.2) is 32.7 Å². The summed E-state index contributed by atoms with van der Waals surface area (Å²) >= 11 is 6.05. The zero-order valence-corrected chi connectivity index (χ0v) is 17.7. The minimum Gasteiger partial charge on any atom is -0.324 e. The smallest absolute Gasteiger partial charge is 0.251 e. The third-order valence-electron chi connectivity index (χ3n) is 5.21. The Morgan fingerprint density at radius 2 is 1.72 bits per heavy atom. The maximum atomic E-state index is 13.0. The van der Waals surface area contributed by atoms with E-state index in [-0.39, 0.29) is 18.5 Å². The minimum absolute atomic E-state index is 0.0368. The number of aromatic nitrogens is 4. The first kappa shape index (κ1) is 20.0. The predicted molar refractivity (Wildman–Crippen MR) is 124 cm³/mol. The van der Waals surface area contributed by atoms with Gasteiger partial charge < -0.3 is 5.32 Å². The van der Waals surface area contributed by atoms with Crippen LogP contribution in [0, 0.1) is 0 Å². The Labute approximate surface area is 189 Å². The highest BCUT2D eigenvalue weighted by atomic mass is 35.5. The van der Waals surface area contributed by atoms with Crippen molar-refractivity contribution in [1.29, 1.82) is 0 Å². The lowest BCUT2D eigenvalue weighted by molar-refractivity contribution is -0.114. The fourth-order valence-electron chi connectivity index (χ4n) is 3.78. The molecule has 1 aliphatic rings. The number of hydrogen-bond donors (Lipinski definition) is 1. The molecule has 0 bridgehead atoms. The van der Waals surface area contributed by atoms with Crippen LogP contribution in [0.2, 0.25) is 5.02 Å². The summed E-state index contributed by atoms with van der Waals surface area (Å²) in [7, 11) is 0. The SMILES string of the molecule is O=C(CN1C(c2ccccc2)=CC(c2ccccc2)n2nnnc21)Nc1cccc(Cl)c1. The molecule has 1 atom stereocenters. The molecule has 1 unspecified atom stereocenters. The largest absolute Gasteiger partial charge is 0.324 e. The third kappa shape index (κ3) is 3.98. The number of halogens is 1. The number of allylic oxidation sites excluding steroid dienone is 1. The van der Waals surface area contributed by atoms with E-state index in [4.69, 9.17) is 11.6 Å². The van der Waals surface area contributed by atoms with Crippen molar-refractivity contribution in [3.63, 3.8) is 0 Å². The zero-order chi connectivity index (χ0) is 21.9. The lowest BCUT2D eigenvalue weighted by Gasteiger charge is -2.32. The highest BCUT2D eigenvalue weighted by molar-refractivity contribution is 6.30. The molecule has 4 aromatic rings. The van der Waals surface area contributed by atoms with E-state index in [2.05, 4.69) is 26.9 Å². The van der Waals surface area contributed by atoms with Gasteiger partial charge in [-0.25, -0.2) is 0 Å². The number of nitrogens with one attached hydrogen (secondary N) is 1. The topological polar surface area (TPSA) is 75.9 Å². The van der Waals surface area contributed by atoms with Crippen LogP contribution < -0.4 is 10.2 Å².